The Balaban J connectivity index is 2.93. The van der Waals surface area contributed by atoms with Crippen molar-refractivity contribution in [1.82, 2.24) is 0 Å². The van der Waals surface area contributed by atoms with Crippen molar-refractivity contribution in [2.45, 2.75) is 80.6 Å². The molecule has 0 aliphatic rings. The largest absolute Gasteiger partial charge is 0.0654 e. The molecule has 1 rings (SSSR count). The molecular weight excluding hydrogens is 252 g/mol. The zero-order chi connectivity index (χ0) is 16.1. The van der Waals surface area contributed by atoms with E-state index in [1.165, 1.54) is 36.8 Å². The molecule has 0 aromatic heterocycles. The number of rotatable bonds is 7. The predicted octanol–water partition coefficient (Wildman–Crippen LogP) is 6.76. The van der Waals surface area contributed by atoms with Crippen LogP contribution in [0.1, 0.15) is 78.4 Å². The second-order valence-electron chi connectivity index (χ2n) is 8.17. The molecule has 0 heteroatoms. The van der Waals surface area contributed by atoms with Crippen LogP contribution in [0, 0.1) is 23.7 Å². The van der Waals surface area contributed by atoms with Gasteiger partial charge in [0.25, 0.3) is 0 Å². The minimum absolute atomic E-state index is 0.262. The van der Waals surface area contributed by atoms with E-state index in [9.17, 15) is 0 Å². The van der Waals surface area contributed by atoms with Crippen LogP contribution in [0.15, 0.2) is 24.3 Å². The Bertz CT molecular complexity index is 420. The standard InChI is InChI=1S/C21H35/c1-8-9-12-15-21(6,7)19(20(3,4)5)16-18-14-11-10-13-17(18)2/h10-11,13-14H,8-9,12,15-16H2,1-7H3. The number of unbranched alkanes of at least 4 members (excludes halogenated alkanes) is 2. The third-order valence-electron chi connectivity index (χ3n) is 4.76. The minimum atomic E-state index is 0.262. The third kappa shape index (κ3) is 5.49. The second kappa shape index (κ2) is 7.47. The molecule has 1 aromatic rings. The molecule has 0 bridgehead atoms. The highest BCUT2D eigenvalue weighted by Crippen LogP contribution is 2.47. The van der Waals surface area contributed by atoms with E-state index in [4.69, 9.17) is 0 Å². The van der Waals surface area contributed by atoms with Gasteiger partial charge in [-0.15, -0.1) is 0 Å². The van der Waals surface area contributed by atoms with Crippen LogP contribution >= 0.6 is 0 Å². The van der Waals surface area contributed by atoms with Crippen molar-refractivity contribution < 1.29 is 0 Å². The smallest absolute Gasteiger partial charge is 0.00875 e. The molecule has 0 nitrogen and oxygen atoms in total. The highest BCUT2D eigenvalue weighted by Gasteiger charge is 2.38. The van der Waals surface area contributed by atoms with Crippen molar-refractivity contribution >= 4 is 0 Å². The monoisotopic (exact) mass is 287 g/mol. The molecule has 0 aliphatic heterocycles. The first-order valence-corrected chi connectivity index (χ1v) is 8.60. The van der Waals surface area contributed by atoms with Crippen molar-refractivity contribution in [2.75, 3.05) is 0 Å². The quantitative estimate of drug-likeness (QED) is 0.486. The molecule has 0 spiro atoms. The van der Waals surface area contributed by atoms with Gasteiger partial charge in [-0.25, -0.2) is 0 Å². The summed E-state index contributed by atoms with van der Waals surface area (Å²) in [6.45, 7) is 16.5. The Morgan fingerprint density at radius 3 is 2.10 bits per heavy atom. The van der Waals surface area contributed by atoms with Gasteiger partial charge in [-0.2, -0.15) is 0 Å². The maximum Gasteiger partial charge on any atom is -0.00875 e. The maximum absolute atomic E-state index is 2.45. The summed E-state index contributed by atoms with van der Waals surface area (Å²) in [5, 5.41) is 0. The Hall–Kier alpha value is -0.780. The molecule has 0 amide bonds. The Morgan fingerprint density at radius 1 is 0.952 bits per heavy atom. The van der Waals surface area contributed by atoms with Gasteiger partial charge in [-0.3, -0.25) is 0 Å². The first kappa shape index (κ1) is 18.3. The van der Waals surface area contributed by atoms with Crippen LogP contribution in [-0.2, 0) is 6.42 Å². The van der Waals surface area contributed by atoms with Crippen LogP contribution in [0.4, 0.5) is 0 Å². The fourth-order valence-corrected chi connectivity index (χ4v) is 3.49. The van der Waals surface area contributed by atoms with E-state index in [2.05, 4.69) is 72.7 Å². The highest BCUT2D eigenvalue weighted by atomic mass is 14.4. The summed E-state index contributed by atoms with van der Waals surface area (Å²) in [6, 6.07) is 8.84. The minimum Gasteiger partial charge on any atom is -0.0654 e. The van der Waals surface area contributed by atoms with E-state index in [1.54, 1.807) is 5.92 Å². The fraction of sp³-hybridized carbons (Fsp3) is 0.667. The zero-order valence-corrected chi connectivity index (χ0v) is 15.3. The molecule has 1 aromatic carbocycles. The molecule has 0 aliphatic carbocycles. The normalized spacial score (nSPS) is 13.0. The van der Waals surface area contributed by atoms with Gasteiger partial charge in [0.2, 0.25) is 0 Å². The number of hydrogen-bond acceptors (Lipinski definition) is 0. The molecule has 119 valence electrons. The van der Waals surface area contributed by atoms with Crippen molar-refractivity contribution in [3.63, 3.8) is 0 Å². The van der Waals surface area contributed by atoms with E-state index < -0.39 is 0 Å². The van der Waals surface area contributed by atoms with Crippen LogP contribution in [0.3, 0.4) is 0 Å². The Labute approximate surface area is 133 Å². The van der Waals surface area contributed by atoms with Crippen LogP contribution in [0.5, 0.6) is 0 Å². The SMILES string of the molecule is CCCCCC(C)(C)[C](Cc1ccccc1C)C(C)(C)C. The summed E-state index contributed by atoms with van der Waals surface area (Å²) in [7, 11) is 0. The molecule has 0 atom stereocenters. The van der Waals surface area contributed by atoms with Crippen molar-refractivity contribution in [2.24, 2.45) is 10.8 Å². The van der Waals surface area contributed by atoms with Crippen molar-refractivity contribution in [3.05, 3.63) is 41.3 Å². The molecule has 0 unspecified atom stereocenters. The lowest BCUT2D eigenvalue weighted by atomic mass is 9.61. The van der Waals surface area contributed by atoms with Gasteiger partial charge in [-0.1, -0.05) is 85.1 Å². The summed E-state index contributed by atoms with van der Waals surface area (Å²) in [4.78, 5) is 0. The van der Waals surface area contributed by atoms with Gasteiger partial charge in [0.15, 0.2) is 0 Å². The Kier molecular flexibility index (Phi) is 6.50. The molecule has 0 saturated heterocycles. The average Bonchev–Trinajstić information content (AvgIpc) is 2.36. The molecule has 21 heavy (non-hydrogen) atoms. The molecule has 0 saturated carbocycles. The second-order valence-corrected chi connectivity index (χ2v) is 8.17. The van der Waals surface area contributed by atoms with Gasteiger partial charge < -0.3 is 0 Å². The van der Waals surface area contributed by atoms with Gasteiger partial charge in [0, 0.05) is 0 Å². The predicted molar refractivity (Wildman–Crippen MR) is 95.5 cm³/mol. The summed E-state index contributed by atoms with van der Waals surface area (Å²) < 4.78 is 0. The van der Waals surface area contributed by atoms with E-state index >= 15 is 0 Å². The number of aryl methyl sites for hydroxylation is 1. The first-order valence-electron chi connectivity index (χ1n) is 8.60. The first-order chi connectivity index (χ1) is 9.68. The Morgan fingerprint density at radius 2 is 1.57 bits per heavy atom. The third-order valence-corrected chi connectivity index (χ3v) is 4.76. The molecular formula is C21H35. The lowest BCUT2D eigenvalue weighted by molar-refractivity contribution is 0.229. The summed E-state index contributed by atoms with van der Waals surface area (Å²) in [5.41, 5.74) is 3.49. The maximum atomic E-state index is 2.45. The van der Waals surface area contributed by atoms with E-state index in [0.29, 0.717) is 5.41 Å². The van der Waals surface area contributed by atoms with E-state index in [-0.39, 0.29) is 5.41 Å². The molecule has 0 fully saturated rings. The molecule has 0 heterocycles. The lowest BCUT2D eigenvalue weighted by Gasteiger charge is -2.43. The fourth-order valence-electron chi connectivity index (χ4n) is 3.49. The summed E-state index contributed by atoms with van der Waals surface area (Å²) >= 11 is 0. The molecule has 1 radical (unpaired) electrons. The lowest BCUT2D eigenvalue weighted by Crippen LogP contribution is -2.34. The van der Waals surface area contributed by atoms with Crippen LogP contribution < -0.4 is 0 Å². The van der Waals surface area contributed by atoms with Crippen molar-refractivity contribution in [3.8, 4) is 0 Å². The van der Waals surface area contributed by atoms with E-state index in [0.717, 1.165) is 6.42 Å². The number of hydrogen-bond donors (Lipinski definition) is 0. The van der Waals surface area contributed by atoms with Gasteiger partial charge in [0.05, 0.1) is 0 Å². The zero-order valence-electron chi connectivity index (χ0n) is 15.3. The van der Waals surface area contributed by atoms with Gasteiger partial charge >= 0.3 is 0 Å². The van der Waals surface area contributed by atoms with Crippen LogP contribution in [-0.4, -0.2) is 0 Å². The topological polar surface area (TPSA) is 0 Å². The van der Waals surface area contributed by atoms with Crippen molar-refractivity contribution in [1.29, 1.82) is 0 Å². The molecule has 0 N–H and O–H groups in total. The number of benzene rings is 1. The van der Waals surface area contributed by atoms with Crippen LogP contribution in [0.2, 0.25) is 0 Å². The average molecular weight is 288 g/mol. The summed E-state index contributed by atoms with van der Waals surface area (Å²) in [5.74, 6) is 1.69. The summed E-state index contributed by atoms with van der Waals surface area (Å²) in [6.07, 6.45) is 6.43. The van der Waals surface area contributed by atoms with Gasteiger partial charge in [0.1, 0.15) is 0 Å². The van der Waals surface area contributed by atoms with E-state index in [1.807, 2.05) is 0 Å². The van der Waals surface area contributed by atoms with Crippen LogP contribution in [0.25, 0.3) is 0 Å². The highest BCUT2D eigenvalue weighted by molar-refractivity contribution is 5.30. The van der Waals surface area contributed by atoms with Gasteiger partial charge in [-0.05, 0) is 47.6 Å².